The molecule has 0 unspecified atom stereocenters. The van der Waals surface area contributed by atoms with Crippen molar-refractivity contribution in [2.24, 2.45) is 5.92 Å². The van der Waals surface area contributed by atoms with E-state index in [1.807, 2.05) is 4.90 Å². The van der Waals surface area contributed by atoms with Crippen LogP contribution in [0.25, 0.3) is 0 Å². The second kappa shape index (κ2) is 8.17. The third-order valence-electron chi connectivity index (χ3n) is 5.32. The van der Waals surface area contributed by atoms with Gasteiger partial charge in [0.25, 0.3) is 10.0 Å². The highest BCUT2D eigenvalue weighted by Gasteiger charge is 2.32. The third-order valence-corrected chi connectivity index (χ3v) is 6.68. The van der Waals surface area contributed by atoms with Gasteiger partial charge in [-0.15, -0.1) is 0 Å². The number of halogens is 2. The predicted octanol–water partition coefficient (Wildman–Crippen LogP) is 2.66. The maximum Gasteiger partial charge on any atom is 0.263 e. The minimum Gasteiger partial charge on any atom is -0.356 e. The van der Waals surface area contributed by atoms with Gasteiger partial charge in [-0.1, -0.05) is 0 Å². The highest BCUT2D eigenvalue weighted by molar-refractivity contribution is 7.92. The summed E-state index contributed by atoms with van der Waals surface area (Å²) in [5.41, 5.74) is -0.0757. The SMILES string of the molecule is O=C(NC1CCN(c2ccc(S(=O)(=O)Nc3ccc(F)c(F)c3)cn2)CC1)C1CC1. The molecular formula is C20H22F2N4O3S. The smallest absolute Gasteiger partial charge is 0.263 e. The number of nitrogens with zero attached hydrogens (tertiary/aromatic N) is 2. The number of amides is 1. The molecule has 30 heavy (non-hydrogen) atoms. The van der Waals surface area contributed by atoms with E-state index in [2.05, 4.69) is 15.0 Å². The van der Waals surface area contributed by atoms with E-state index in [4.69, 9.17) is 0 Å². The second-order valence-corrected chi connectivity index (χ2v) is 9.31. The highest BCUT2D eigenvalue weighted by Crippen LogP contribution is 2.29. The number of nitrogens with one attached hydrogen (secondary N) is 2. The van der Waals surface area contributed by atoms with Crippen molar-refractivity contribution in [3.63, 3.8) is 0 Å². The zero-order valence-electron chi connectivity index (χ0n) is 16.1. The molecule has 1 saturated heterocycles. The van der Waals surface area contributed by atoms with Gasteiger partial charge in [0.15, 0.2) is 11.6 Å². The van der Waals surface area contributed by atoms with Crippen molar-refractivity contribution in [3.8, 4) is 0 Å². The molecule has 1 saturated carbocycles. The van der Waals surface area contributed by atoms with Crippen molar-refractivity contribution in [2.75, 3.05) is 22.7 Å². The zero-order chi connectivity index (χ0) is 21.3. The number of benzene rings is 1. The molecule has 0 atom stereocenters. The van der Waals surface area contributed by atoms with Crippen molar-refractivity contribution in [2.45, 2.75) is 36.6 Å². The van der Waals surface area contributed by atoms with E-state index in [0.717, 1.165) is 43.9 Å². The summed E-state index contributed by atoms with van der Waals surface area (Å²) in [6.45, 7) is 1.42. The number of sulfonamides is 1. The minimum absolute atomic E-state index is 0.0757. The normalized spacial score (nSPS) is 17.6. The summed E-state index contributed by atoms with van der Waals surface area (Å²) in [5, 5.41) is 3.09. The van der Waals surface area contributed by atoms with Crippen LogP contribution in [0.1, 0.15) is 25.7 Å². The van der Waals surface area contributed by atoms with Crippen LogP contribution in [0.2, 0.25) is 0 Å². The van der Waals surface area contributed by atoms with Crippen molar-refractivity contribution < 1.29 is 22.0 Å². The molecule has 1 aromatic heterocycles. The van der Waals surface area contributed by atoms with Crippen LogP contribution in [0.15, 0.2) is 41.4 Å². The largest absolute Gasteiger partial charge is 0.356 e. The fourth-order valence-corrected chi connectivity index (χ4v) is 4.40. The molecule has 2 heterocycles. The number of pyridine rings is 1. The Morgan fingerprint density at radius 3 is 2.37 bits per heavy atom. The summed E-state index contributed by atoms with van der Waals surface area (Å²) in [6.07, 6.45) is 4.80. The van der Waals surface area contributed by atoms with Gasteiger partial charge in [-0.3, -0.25) is 9.52 Å². The molecule has 0 radical (unpaired) electrons. The number of aromatic nitrogens is 1. The Balaban J connectivity index is 1.36. The quantitative estimate of drug-likeness (QED) is 0.727. The monoisotopic (exact) mass is 436 g/mol. The third kappa shape index (κ3) is 4.69. The van der Waals surface area contributed by atoms with Crippen LogP contribution >= 0.6 is 0 Å². The van der Waals surface area contributed by atoms with Crippen LogP contribution in [0.5, 0.6) is 0 Å². The van der Waals surface area contributed by atoms with E-state index in [1.54, 1.807) is 6.07 Å². The van der Waals surface area contributed by atoms with Gasteiger partial charge in [-0.25, -0.2) is 22.2 Å². The molecule has 1 aromatic carbocycles. The summed E-state index contributed by atoms with van der Waals surface area (Å²) in [5.74, 6) is -1.21. The molecule has 7 nitrogen and oxygen atoms in total. The Morgan fingerprint density at radius 2 is 1.77 bits per heavy atom. The fourth-order valence-electron chi connectivity index (χ4n) is 3.41. The molecule has 1 aliphatic heterocycles. The first-order chi connectivity index (χ1) is 14.3. The number of anilines is 2. The van der Waals surface area contributed by atoms with Crippen LogP contribution in [0, 0.1) is 17.6 Å². The van der Waals surface area contributed by atoms with Gasteiger partial charge in [0, 0.05) is 37.3 Å². The number of carbonyl (C=O) groups is 1. The molecule has 160 valence electrons. The maximum atomic E-state index is 13.3. The van der Waals surface area contributed by atoms with Gasteiger partial charge in [0.05, 0.1) is 5.69 Å². The molecule has 2 aliphatic rings. The van der Waals surface area contributed by atoms with Gasteiger partial charge in [0.2, 0.25) is 5.91 Å². The first kappa shape index (κ1) is 20.5. The van der Waals surface area contributed by atoms with Gasteiger partial charge in [-0.2, -0.15) is 0 Å². The van der Waals surface area contributed by atoms with Crippen LogP contribution in [-0.4, -0.2) is 38.4 Å². The first-order valence-corrected chi connectivity index (χ1v) is 11.3. The summed E-state index contributed by atoms with van der Waals surface area (Å²) < 4.78 is 53.5. The number of hydrogen-bond acceptors (Lipinski definition) is 5. The highest BCUT2D eigenvalue weighted by atomic mass is 32.2. The van der Waals surface area contributed by atoms with E-state index in [1.165, 1.54) is 12.3 Å². The topological polar surface area (TPSA) is 91.4 Å². The Labute approximate surface area is 173 Å². The van der Waals surface area contributed by atoms with Crippen molar-refractivity contribution >= 4 is 27.4 Å². The first-order valence-electron chi connectivity index (χ1n) is 9.81. The molecule has 2 fully saturated rings. The number of carbonyl (C=O) groups excluding carboxylic acids is 1. The van der Waals surface area contributed by atoms with Crippen LogP contribution in [0.4, 0.5) is 20.3 Å². The molecule has 10 heteroatoms. The lowest BCUT2D eigenvalue weighted by Gasteiger charge is -2.33. The number of piperidine rings is 1. The van der Waals surface area contributed by atoms with Crippen LogP contribution < -0.4 is 14.9 Å². The van der Waals surface area contributed by atoms with E-state index in [0.29, 0.717) is 18.9 Å². The maximum absolute atomic E-state index is 13.3. The summed E-state index contributed by atoms with van der Waals surface area (Å²) in [7, 11) is -3.98. The van der Waals surface area contributed by atoms with Crippen molar-refractivity contribution in [1.82, 2.24) is 10.3 Å². The lowest BCUT2D eigenvalue weighted by molar-refractivity contribution is -0.123. The lowest BCUT2D eigenvalue weighted by atomic mass is 10.0. The fraction of sp³-hybridized carbons (Fsp3) is 0.400. The Kier molecular flexibility index (Phi) is 5.59. The molecular weight excluding hydrogens is 414 g/mol. The van der Waals surface area contributed by atoms with E-state index >= 15 is 0 Å². The average molecular weight is 436 g/mol. The summed E-state index contributed by atoms with van der Waals surface area (Å²) >= 11 is 0. The standard InChI is InChI=1S/C20H22F2N4O3S/c21-17-5-3-15(11-18(17)22)25-30(28,29)16-4-6-19(23-12-16)26-9-7-14(8-10-26)24-20(27)13-1-2-13/h3-6,11-14,25H,1-2,7-10H2,(H,24,27). The van der Waals surface area contributed by atoms with Crippen molar-refractivity contribution in [3.05, 3.63) is 48.2 Å². The number of hydrogen-bond donors (Lipinski definition) is 2. The van der Waals surface area contributed by atoms with Crippen LogP contribution in [-0.2, 0) is 14.8 Å². The van der Waals surface area contributed by atoms with Gasteiger partial charge >= 0.3 is 0 Å². The minimum atomic E-state index is -3.98. The van der Waals surface area contributed by atoms with Crippen molar-refractivity contribution in [1.29, 1.82) is 0 Å². The summed E-state index contributed by atoms with van der Waals surface area (Å²) in [6, 6.07) is 5.97. The Morgan fingerprint density at radius 1 is 1.03 bits per heavy atom. The van der Waals surface area contributed by atoms with E-state index in [9.17, 15) is 22.0 Å². The zero-order valence-corrected chi connectivity index (χ0v) is 17.0. The van der Waals surface area contributed by atoms with Gasteiger partial charge in [0.1, 0.15) is 10.7 Å². The molecule has 2 N–H and O–H groups in total. The van der Waals surface area contributed by atoms with Gasteiger partial charge in [-0.05, 0) is 49.9 Å². The predicted molar refractivity (Wildman–Crippen MR) is 108 cm³/mol. The Hall–Kier alpha value is -2.75. The molecule has 2 aromatic rings. The molecule has 1 amide bonds. The molecule has 1 aliphatic carbocycles. The van der Waals surface area contributed by atoms with Crippen LogP contribution in [0.3, 0.4) is 0 Å². The molecule has 4 rings (SSSR count). The average Bonchev–Trinajstić information content (AvgIpc) is 3.57. The van der Waals surface area contributed by atoms with E-state index in [-0.39, 0.29) is 28.4 Å². The number of rotatable bonds is 6. The van der Waals surface area contributed by atoms with E-state index < -0.39 is 21.7 Å². The second-order valence-electron chi connectivity index (χ2n) is 7.63. The molecule has 0 spiro atoms. The van der Waals surface area contributed by atoms with Gasteiger partial charge < -0.3 is 10.2 Å². The Bertz CT molecular complexity index is 1030. The lowest BCUT2D eigenvalue weighted by Crippen LogP contribution is -2.45. The molecule has 0 bridgehead atoms. The summed E-state index contributed by atoms with van der Waals surface area (Å²) in [4.78, 5) is 18.1.